The van der Waals surface area contributed by atoms with Crippen LogP contribution in [0.15, 0.2) is 11.4 Å². The second-order valence-corrected chi connectivity index (χ2v) is 7.09. The zero-order valence-corrected chi connectivity index (χ0v) is 14.0. The predicted molar refractivity (Wildman–Crippen MR) is 86.1 cm³/mol. The van der Waals surface area contributed by atoms with Gasteiger partial charge in [-0.3, -0.25) is 0 Å². The Morgan fingerprint density at radius 2 is 2.33 bits per heavy atom. The maximum Gasteiger partial charge on any atom is 0.331 e. The van der Waals surface area contributed by atoms with Gasteiger partial charge in [-0.15, -0.1) is 11.3 Å². The molecule has 1 aromatic heterocycles. The van der Waals surface area contributed by atoms with Gasteiger partial charge < -0.3 is 14.9 Å². The molecular formula is C14H20N2O3S2. The van der Waals surface area contributed by atoms with Gasteiger partial charge in [0.05, 0.1) is 0 Å². The zero-order chi connectivity index (χ0) is 15.6. The molecule has 0 aliphatic carbocycles. The number of amides is 2. The minimum Gasteiger partial charge on any atom is -0.479 e. The van der Waals surface area contributed by atoms with Gasteiger partial charge in [0.15, 0.2) is 6.04 Å². The van der Waals surface area contributed by atoms with Gasteiger partial charge in [-0.25, -0.2) is 9.59 Å². The first kappa shape index (κ1) is 16.2. The highest BCUT2D eigenvalue weighted by molar-refractivity contribution is 7.98. The fraction of sp³-hybridized carbons (Fsp3) is 0.571. The highest BCUT2D eigenvalue weighted by Crippen LogP contribution is 2.34. The Hall–Kier alpha value is -1.21. The lowest BCUT2D eigenvalue weighted by atomic mass is 10.0. The molecule has 0 radical (unpaired) electrons. The molecule has 1 N–H and O–H groups in total. The molecule has 1 aromatic rings. The third-order valence-electron chi connectivity index (χ3n) is 3.82. The number of carbonyl (C=O) groups excluding carboxylic acids is 1. The molecule has 2 unspecified atom stereocenters. The molecule has 2 atom stereocenters. The number of fused-ring (bicyclic) bond motifs is 1. The van der Waals surface area contributed by atoms with Crippen LogP contribution in [0, 0.1) is 0 Å². The van der Waals surface area contributed by atoms with E-state index in [0.29, 0.717) is 6.54 Å². The van der Waals surface area contributed by atoms with Crippen molar-refractivity contribution in [2.45, 2.75) is 25.4 Å². The van der Waals surface area contributed by atoms with E-state index in [2.05, 4.69) is 0 Å². The molecule has 2 rings (SSSR count). The monoisotopic (exact) mass is 328 g/mol. The number of aliphatic carboxylic acids is 1. The van der Waals surface area contributed by atoms with E-state index in [1.807, 2.05) is 24.6 Å². The summed E-state index contributed by atoms with van der Waals surface area (Å²) < 4.78 is 0. The molecule has 2 heterocycles. The van der Waals surface area contributed by atoms with Gasteiger partial charge in [-0.05, 0) is 36.6 Å². The molecule has 0 fully saturated rings. The summed E-state index contributed by atoms with van der Waals surface area (Å²) in [6.07, 6.45) is 2.72. The average molecular weight is 328 g/mol. The van der Waals surface area contributed by atoms with Crippen molar-refractivity contribution in [3.05, 3.63) is 21.9 Å². The van der Waals surface area contributed by atoms with Crippen LogP contribution < -0.4 is 0 Å². The second kappa shape index (κ2) is 6.70. The van der Waals surface area contributed by atoms with Crippen LogP contribution in [0.4, 0.5) is 4.79 Å². The van der Waals surface area contributed by atoms with E-state index in [1.165, 1.54) is 4.90 Å². The molecule has 1 aliphatic heterocycles. The lowest BCUT2D eigenvalue weighted by Gasteiger charge is -2.37. The lowest BCUT2D eigenvalue weighted by molar-refractivity contribution is -0.143. The summed E-state index contributed by atoms with van der Waals surface area (Å²) in [4.78, 5) is 28.5. The summed E-state index contributed by atoms with van der Waals surface area (Å²) in [7, 11) is 1.74. The molecule has 0 saturated heterocycles. The number of hydrogen-bond acceptors (Lipinski definition) is 4. The fourth-order valence-corrected chi connectivity index (χ4v) is 4.14. The maximum atomic E-state index is 12.6. The number of carboxylic acid groups (broad SMARTS) is 1. The molecule has 0 spiro atoms. The molecule has 7 heteroatoms. The minimum atomic E-state index is -0.964. The number of nitrogens with zero attached hydrogens (tertiary/aromatic N) is 2. The highest BCUT2D eigenvalue weighted by atomic mass is 32.2. The Bertz CT molecular complexity index is 532. The maximum absolute atomic E-state index is 12.6. The fourth-order valence-electron chi connectivity index (χ4n) is 2.53. The van der Waals surface area contributed by atoms with Gasteiger partial charge in [0.2, 0.25) is 0 Å². The smallest absolute Gasteiger partial charge is 0.331 e. The number of thioether (sulfide) groups is 1. The Balaban J connectivity index is 2.23. The number of hydrogen-bond donors (Lipinski definition) is 1. The molecule has 5 nitrogen and oxygen atoms in total. The number of urea groups is 1. The van der Waals surface area contributed by atoms with Crippen LogP contribution in [0.25, 0.3) is 0 Å². The first-order valence-electron chi connectivity index (χ1n) is 6.78. The van der Waals surface area contributed by atoms with Crippen molar-refractivity contribution >= 4 is 35.1 Å². The summed E-state index contributed by atoms with van der Waals surface area (Å²) >= 11 is 3.24. The van der Waals surface area contributed by atoms with E-state index in [-0.39, 0.29) is 12.1 Å². The quantitative estimate of drug-likeness (QED) is 0.923. The van der Waals surface area contributed by atoms with Gasteiger partial charge in [0.1, 0.15) is 0 Å². The van der Waals surface area contributed by atoms with E-state index >= 15 is 0 Å². The van der Waals surface area contributed by atoms with Crippen LogP contribution in [-0.2, 0) is 11.2 Å². The van der Waals surface area contributed by atoms with Crippen molar-refractivity contribution in [3.63, 3.8) is 0 Å². The van der Waals surface area contributed by atoms with E-state index in [0.717, 1.165) is 22.6 Å². The summed E-state index contributed by atoms with van der Waals surface area (Å²) in [6.45, 7) is 2.43. The number of carboxylic acids is 1. The summed E-state index contributed by atoms with van der Waals surface area (Å²) in [5.41, 5.74) is 0.762. The second-order valence-electron chi connectivity index (χ2n) is 5.18. The van der Waals surface area contributed by atoms with E-state index in [9.17, 15) is 14.7 Å². The van der Waals surface area contributed by atoms with Crippen LogP contribution in [0.5, 0.6) is 0 Å². The lowest BCUT2D eigenvalue weighted by Crippen LogP contribution is -2.51. The first-order valence-corrected chi connectivity index (χ1v) is 9.06. The average Bonchev–Trinajstić information content (AvgIpc) is 2.92. The Labute approximate surface area is 132 Å². The zero-order valence-electron chi connectivity index (χ0n) is 12.4. The predicted octanol–water partition coefficient (Wildman–Crippen LogP) is 2.54. The normalized spacial score (nSPS) is 19.0. The highest BCUT2D eigenvalue weighted by Gasteiger charge is 2.38. The van der Waals surface area contributed by atoms with Gasteiger partial charge in [-0.1, -0.05) is 0 Å². The van der Waals surface area contributed by atoms with Gasteiger partial charge in [0.25, 0.3) is 0 Å². The van der Waals surface area contributed by atoms with Gasteiger partial charge in [-0.2, -0.15) is 11.8 Å². The van der Waals surface area contributed by atoms with Crippen molar-refractivity contribution in [1.82, 2.24) is 9.80 Å². The molecule has 0 saturated carbocycles. The molecule has 21 heavy (non-hydrogen) atoms. The molecule has 1 aliphatic rings. The number of thiophene rings is 1. The SMILES string of the molecule is CSCC(C)N(C)C(=O)N1CCc2sccc2C1C(=O)O. The third kappa shape index (κ3) is 3.18. The summed E-state index contributed by atoms with van der Waals surface area (Å²) in [6, 6.07) is 0.826. The van der Waals surface area contributed by atoms with Crippen molar-refractivity contribution in [3.8, 4) is 0 Å². The largest absolute Gasteiger partial charge is 0.479 e. The standard InChI is InChI=1S/C14H20N2O3S2/c1-9(8-20-3)15(2)14(19)16-6-4-11-10(5-7-21-11)12(16)13(17)18/h5,7,9,12H,4,6,8H2,1-3H3,(H,17,18). The molecular weight excluding hydrogens is 308 g/mol. The first-order chi connectivity index (χ1) is 9.97. The van der Waals surface area contributed by atoms with E-state index < -0.39 is 12.0 Å². The Morgan fingerprint density at radius 3 is 2.95 bits per heavy atom. The number of carbonyl (C=O) groups is 2. The van der Waals surface area contributed by atoms with E-state index in [4.69, 9.17) is 0 Å². The molecule has 2 amide bonds. The van der Waals surface area contributed by atoms with Crippen molar-refractivity contribution in [2.75, 3.05) is 25.6 Å². The van der Waals surface area contributed by atoms with Crippen molar-refractivity contribution in [2.24, 2.45) is 0 Å². The minimum absolute atomic E-state index is 0.0748. The summed E-state index contributed by atoms with van der Waals surface area (Å²) in [5, 5.41) is 11.4. The number of rotatable bonds is 4. The van der Waals surface area contributed by atoms with Crippen LogP contribution in [0.3, 0.4) is 0 Å². The summed E-state index contributed by atoms with van der Waals surface area (Å²) in [5.74, 6) is -0.133. The van der Waals surface area contributed by atoms with Gasteiger partial charge >= 0.3 is 12.0 Å². The van der Waals surface area contributed by atoms with Crippen LogP contribution in [0.2, 0.25) is 0 Å². The van der Waals surface area contributed by atoms with Crippen molar-refractivity contribution in [1.29, 1.82) is 0 Å². The van der Waals surface area contributed by atoms with Gasteiger partial charge in [0, 0.05) is 30.3 Å². The van der Waals surface area contributed by atoms with Crippen LogP contribution >= 0.6 is 23.1 Å². The van der Waals surface area contributed by atoms with Crippen LogP contribution in [-0.4, -0.2) is 58.5 Å². The topological polar surface area (TPSA) is 60.9 Å². The Morgan fingerprint density at radius 1 is 1.62 bits per heavy atom. The molecule has 0 bridgehead atoms. The van der Waals surface area contributed by atoms with Crippen molar-refractivity contribution < 1.29 is 14.7 Å². The Kier molecular flexibility index (Phi) is 5.16. The van der Waals surface area contributed by atoms with E-state index in [1.54, 1.807) is 35.0 Å². The third-order valence-corrected chi connectivity index (χ3v) is 5.63. The van der Waals surface area contributed by atoms with Crippen LogP contribution in [0.1, 0.15) is 23.4 Å². The molecule has 116 valence electrons. The molecule has 0 aromatic carbocycles.